The number of benzene rings is 1. The number of anilines is 1. The highest BCUT2D eigenvalue weighted by molar-refractivity contribution is 6.30. The number of aromatic nitrogens is 2. The SMILES string of the molecule is CCc1c(N)cnn1-c1ccc(Cl)c(F)c1. The van der Waals surface area contributed by atoms with Crippen LogP contribution in [0.5, 0.6) is 0 Å². The molecule has 1 aromatic carbocycles. The number of halogens is 2. The molecule has 0 aliphatic rings. The first-order valence-electron chi connectivity index (χ1n) is 4.91. The maximum Gasteiger partial charge on any atom is 0.143 e. The second-order valence-corrected chi connectivity index (χ2v) is 3.82. The number of nitrogens with two attached hydrogens (primary N) is 1. The molecular weight excluding hydrogens is 229 g/mol. The predicted molar refractivity (Wildman–Crippen MR) is 62.3 cm³/mol. The summed E-state index contributed by atoms with van der Waals surface area (Å²) in [5.41, 5.74) is 7.85. The van der Waals surface area contributed by atoms with Gasteiger partial charge in [-0.3, -0.25) is 0 Å². The van der Waals surface area contributed by atoms with E-state index in [-0.39, 0.29) is 5.02 Å². The molecule has 2 aromatic rings. The van der Waals surface area contributed by atoms with Crippen LogP contribution < -0.4 is 5.73 Å². The molecule has 0 saturated heterocycles. The Hall–Kier alpha value is -1.55. The van der Waals surface area contributed by atoms with Gasteiger partial charge >= 0.3 is 0 Å². The fraction of sp³-hybridized carbons (Fsp3) is 0.182. The van der Waals surface area contributed by atoms with Gasteiger partial charge in [-0.1, -0.05) is 18.5 Å². The molecule has 0 fully saturated rings. The first-order valence-corrected chi connectivity index (χ1v) is 5.29. The summed E-state index contributed by atoms with van der Waals surface area (Å²) in [6.07, 6.45) is 2.29. The molecule has 1 aromatic heterocycles. The monoisotopic (exact) mass is 239 g/mol. The quantitative estimate of drug-likeness (QED) is 0.876. The van der Waals surface area contributed by atoms with E-state index in [9.17, 15) is 4.39 Å². The van der Waals surface area contributed by atoms with Crippen molar-refractivity contribution in [2.24, 2.45) is 0 Å². The van der Waals surface area contributed by atoms with Gasteiger partial charge in [0.25, 0.3) is 0 Å². The van der Waals surface area contributed by atoms with E-state index >= 15 is 0 Å². The Morgan fingerprint density at radius 1 is 1.50 bits per heavy atom. The molecule has 0 atom stereocenters. The van der Waals surface area contributed by atoms with Crippen molar-refractivity contribution in [2.45, 2.75) is 13.3 Å². The minimum atomic E-state index is -0.463. The topological polar surface area (TPSA) is 43.8 Å². The highest BCUT2D eigenvalue weighted by Gasteiger charge is 2.09. The van der Waals surface area contributed by atoms with Crippen LogP contribution in [-0.2, 0) is 6.42 Å². The lowest BCUT2D eigenvalue weighted by atomic mass is 10.2. The molecular formula is C11H11ClFN3. The Balaban J connectivity index is 2.54. The minimum Gasteiger partial charge on any atom is -0.396 e. The first-order chi connectivity index (χ1) is 7.63. The van der Waals surface area contributed by atoms with Crippen molar-refractivity contribution >= 4 is 17.3 Å². The van der Waals surface area contributed by atoms with Crippen LogP contribution in [-0.4, -0.2) is 9.78 Å². The molecule has 0 unspecified atom stereocenters. The van der Waals surface area contributed by atoms with Gasteiger partial charge in [0.1, 0.15) is 5.82 Å². The summed E-state index contributed by atoms with van der Waals surface area (Å²) in [5.74, 6) is -0.463. The molecule has 0 amide bonds. The van der Waals surface area contributed by atoms with E-state index < -0.39 is 5.82 Å². The van der Waals surface area contributed by atoms with Gasteiger partial charge in [-0.15, -0.1) is 0 Å². The molecule has 1 heterocycles. The average Bonchev–Trinajstić information content (AvgIpc) is 2.63. The number of hydrogen-bond donors (Lipinski definition) is 1. The van der Waals surface area contributed by atoms with Gasteiger partial charge in [0, 0.05) is 6.07 Å². The summed E-state index contributed by atoms with van der Waals surface area (Å²) in [6.45, 7) is 1.97. The van der Waals surface area contributed by atoms with Gasteiger partial charge in [0.05, 0.1) is 28.3 Å². The summed E-state index contributed by atoms with van der Waals surface area (Å²) in [6, 6.07) is 4.55. The van der Waals surface area contributed by atoms with Gasteiger partial charge in [0.15, 0.2) is 0 Å². The van der Waals surface area contributed by atoms with E-state index in [4.69, 9.17) is 17.3 Å². The second kappa shape index (κ2) is 4.14. The number of nitrogens with zero attached hydrogens (tertiary/aromatic N) is 2. The van der Waals surface area contributed by atoms with E-state index in [1.807, 2.05) is 6.92 Å². The lowest BCUT2D eigenvalue weighted by Gasteiger charge is -2.07. The van der Waals surface area contributed by atoms with Crippen LogP contribution in [0.1, 0.15) is 12.6 Å². The molecule has 16 heavy (non-hydrogen) atoms. The maximum absolute atomic E-state index is 13.3. The van der Waals surface area contributed by atoms with Crippen molar-refractivity contribution in [3.8, 4) is 5.69 Å². The Morgan fingerprint density at radius 2 is 2.25 bits per heavy atom. The fourth-order valence-corrected chi connectivity index (χ4v) is 1.70. The average molecular weight is 240 g/mol. The lowest BCUT2D eigenvalue weighted by molar-refractivity contribution is 0.625. The van der Waals surface area contributed by atoms with Crippen molar-refractivity contribution in [1.82, 2.24) is 9.78 Å². The van der Waals surface area contributed by atoms with E-state index in [1.54, 1.807) is 16.9 Å². The molecule has 2 N–H and O–H groups in total. The highest BCUT2D eigenvalue weighted by atomic mass is 35.5. The first kappa shape index (κ1) is 11.0. The van der Waals surface area contributed by atoms with Gasteiger partial charge < -0.3 is 5.73 Å². The van der Waals surface area contributed by atoms with Crippen molar-refractivity contribution in [2.75, 3.05) is 5.73 Å². The third-order valence-corrected chi connectivity index (χ3v) is 2.69. The minimum absolute atomic E-state index is 0.0990. The molecule has 84 valence electrons. The van der Waals surface area contributed by atoms with Crippen molar-refractivity contribution in [3.05, 3.63) is 40.9 Å². The van der Waals surface area contributed by atoms with Crippen molar-refractivity contribution in [1.29, 1.82) is 0 Å². The van der Waals surface area contributed by atoms with Crippen LogP contribution in [0, 0.1) is 5.82 Å². The van der Waals surface area contributed by atoms with E-state index in [2.05, 4.69) is 5.10 Å². The Bertz CT molecular complexity index is 522. The summed E-state index contributed by atoms with van der Waals surface area (Å²) in [4.78, 5) is 0. The molecule has 0 aliphatic heterocycles. The molecule has 0 aliphatic carbocycles. The van der Waals surface area contributed by atoms with E-state index in [0.717, 1.165) is 12.1 Å². The smallest absolute Gasteiger partial charge is 0.143 e. The lowest BCUT2D eigenvalue weighted by Crippen LogP contribution is -2.03. The molecule has 0 radical (unpaired) electrons. The van der Waals surface area contributed by atoms with Crippen LogP contribution in [0.15, 0.2) is 24.4 Å². The zero-order chi connectivity index (χ0) is 11.7. The zero-order valence-electron chi connectivity index (χ0n) is 8.74. The van der Waals surface area contributed by atoms with E-state index in [1.165, 1.54) is 12.1 Å². The highest BCUT2D eigenvalue weighted by Crippen LogP contribution is 2.21. The Labute approximate surface area is 97.6 Å². The van der Waals surface area contributed by atoms with Gasteiger partial charge in [-0.05, 0) is 18.6 Å². The van der Waals surface area contributed by atoms with Crippen LogP contribution >= 0.6 is 11.6 Å². The predicted octanol–water partition coefficient (Wildman–Crippen LogP) is 2.81. The molecule has 5 heteroatoms. The summed E-state index contributed by atoms with van der Waals surface area (Å²) >= 11 is 5.62. The number of hydrogen-bond acceptors (Lipinski definition) is 2. The molecule has 2 rings (SSSR count). The van der Waals surface area contributed by atoms with Crippen molar-refractivity contribution < 1.29 is 4.39 Å². The summed E-state index contributed by atoms with van der Waals surface area (Å²) in [7, 11) is 0. The molecule has 0 saturated carbocycles. The summed E-state index contributed by atoms with van der Waals surface area (Å²) in [5, 5.41) is 4.21. The maximum atomic E-state index is 13.3. The van der Waals surface area contributed by atoms with Gasteiger partial charge in [-0.25, -0.2) is 9.07 Å². The molecule has 3 nitrogen and oxygen atoms in total. The molecule has 0 bridgehead atoms. The van der Waals surface area contributed by atoms with Crippen LogP contribution in [0.4, 0.5) is 10.1 Å². The van der Waals surface area contributed by atoms with Gasteiger partial charge in [0.2, 0.25) is 0 Å². The largest absolute Gasteiger partial charge is 0.396 e. The zero-order valence-corrected chi connectivity index (χ0v) is 9.50. The third-order valence-electron chi connectivity index (χ3n) is 2.38. The van der Waals surface area contributed by atoms with Gasteiger partial charge in [-0.2, -0.15) is 5.10 Å². The Kier molecular flexibility index (Phi) is 2.83. The number of rotatable bonds is 2. The number of nitrogen functional groups attached to an aromatic ring is 1. The summed E-state index contributed by atoms with van der Waals surface area (Å²) < 4.78 is 14.9. The second-order valence-electron chi connectivity index (χ2n) is 3.41. The van der Waals surface area contributed by atoms with Crippen molar-refractivity contribution in [3.63, 3.8) is 0 Å². The normalized spacial score (nSPS) is 10.7. The van der Waals surface area contributed by atoms with Crippen LogP contribution in [0.25, 0.3) is 5.69 Å². The standard InChI is InChI=1S/C11H11ClFN3/c1-2-11-10(14)6-15-16(11)7-3-4-8(12)9(13)5-7/h3-6H,2,14H2,1H3. The van der Waals surface area contributed by atoms with Crippen LogP contribution in [0.2, 0.25) is 5.02 Å². The fourth-order valence-electron chi connectivity index (χ4n) is 1.58. The van der Waals surface area contributed by atoms with Crippen LogP contribution in [0.3, 0.4) is 0 Å². The van der Waals surface area contributed by atoms with E-state index in [0.29, 0.717) is 11.4 Å². The third kappa shape index (κ3) is 1.76. The Morgan fingerprint density at radius 3 is 2.88 bits per heavy atom. The molecule has 0 spiro atoms.